The quantitative estimate of drug-likeness (QED) is 0.861. The summed E-state index contributed by atoms with van der Waals surface area (Å²) in [5.74, 6) is -0.0680. The molecule has 1 aromatic heterocycles. The first kappa shape index (κ1) is 10.5. The summed E-state index contributed by atoms with van der Waals surface area (Å²) in [4.78, 5) is 10.9. The van der Waals surface area contributed by atoms with E-state index in [1.807, 2.05) is 24.3 Å². The van der Waals surface area contributed by atoms with Gasteiger partial charge in [-0.1, -0.05) is 0 Å². The second-order valence-corrected chi connectivity index (χ2v) is 3.66. The molecule has 0 spiro atoms. The molecule has 1 heterocycles. The Hall–Kier alpha value is -1.97. The number of aliphatic carboxylic acids is 1. The molecule has 84 valence electrons. The molecule has 4 heteroatoms. The van der Waals surface area contributed by atoms with Gasteiger partial charge in [-0.2, -0.15) is 0 Å². The van der Waals surface area contributed by atoms with E-state index in [1.54, 1.807) is 24.8 Å². The predicted molar refractivity (Wildman–Crippen MR) is 60.8 cm³/mol. The number of aromatic nitrogens is 1. The van der Waals surface area contributed by atoms with Gasteiger partial charge >= 0.3 is 5.97 Å². The van der Waals surface area contributed by atoms with Crippen molar-refractivity contribution in [3.8, 4) is 5.75 Å². The summed E-state index contributed by atoms with van der Waals surface area (Å²) in [6.07, 6.45) is 1.78. The van der Waals surface area contributed by atoms with Crippen molar-refractivity contribution < 1.29 is 14.6 Å². The van der Waals surface area contributed by atoms with Gasteiger partial charge in [-0.05, 0) is 31.2 Å². The number of hydrogen-bond donors (Lipinski definition) is 1. The lowest BCUT2D eigenvalue weighted by molar-refractivity contribution is -0.140. The van der Waals surface area contributed by atoms with Gasteiger partial charge in [0.05, 0.1) is 7.11 Å². The van der Waals surface area contributed by atoms with Crippen LogP contribution in [0.5, 0.6) is 5.75 Å². The lowest BCUT2D eigenvalue weighted by Crippen LogP contribution is -2.14. The van der Waals surface area contributed by atoms with Gasteiger partial charge in [0, 0.05) is 17.1 Å². The fourth-order valence-electron chi connectivity index (χ4n) is 1.73. The van der Waals surface area contributed by atoms with Gasteiger partial charge in [-0.3, -0.25) is 0 Å². The van der Waals surface area contributed by atoms with E-state index in [0.717, 1.165) is 16.7 Å². The molecule has 1 aromatic carbocycles. The number of hydrogen-bond acceptors (Lipinski definition) is 2. The van der Waals surface area contributed by atoms with Crippen molar-refractivity contribution in [1.29, 1.82) is 0 Å². The van der Waals surface area contributed by atoms with E-state index in [1.165, 1.54) is 0 Å². The number of ether oxygens (including phenoxy) is 1. The Balaban J connectivity index is 2.53. The Morgan fingerprint density at radius 1 is 1.44 bits per heavy atom. The minimum Gasteiger partial charge on any atom is -0.497 e. The highest BCUT2D eigenvalue weighted by atomic mass is 16.5. The summed E-state index contributed by atoms with van der Waals surface area (Å²) in [6, 6.07) is 6.91. The highest BCUT2D eigenvalue weighted by molar-refractivity contribution is 5.84. The Kier molecular flexibility index (Phi) is 2.56. The first-order valence-corrected chi connectivity index (χ1v) is 5.01. The van der Waals surface area contributed by atoms with Crippen LogP contribution >= 0.6 is 0 Å². The topological polar surface area (TPSA) is 51.5 Å². The van der Waals surface area contributed by atoms with Crippen molar-refractivity contribution in [3.05, 3.63) is 30.5 Å². The van der Waals surface area contributed by atoms with Crippen molar-refractivity contribution in [2.45, 2.75) is 13.0 Å². The van der Waals surface area contributed by atoms with Crippen LogP contribution in [0.3, 0.4) is 0 Å². The summed E-state index contributed by atoms with van der Waals surface area (Å²) in [5, 5.41) is 9.95. The monoisotopic (exact) mass is 219 g/mol. The molecule has 4 nitrogen and oxygen atoms in total. The highest BCUT2D eigenvalue weighted by Gasteiger charge is 2.14. The van der Waals surface area contributed by atoms with E-state index in [4.69, 9.17) is 9.84 Å². The van der Waals surface area contributed by atoms with Crippen LogP contribution in [0.1, 0.15) is 13.0 Å². The van der Waals surface area contributed by atoms with Gasteiger partial charge in [-0.15, -0.1) is 0 Å². The first-order valence-electron chi connectivity index (χ1n) is 5.01. The summed E-state index contributed by atoms with van der Waals surface area (Å²) >= 11 is 0. The number of carboxylic acid groups (broad SMARTS) is 1. The molecule has 0 fully saturated rings. The van der Waals surface area contributed by atoms with Crippen molar-refractivity contribution in [3.63, 3.8) is 0 Å². The van der Waals surface area contributed by atoms with Crippen LogP contribution in [-0.2, 0) is 4.79 Å². The largest absolute Gasteiger partial charge is 0.497 e. The van der Waals surface area contributed by atoms with E-state index in [-0.39, 0.29) is 0 Å². The van der Waals surface area contributed by atoms with E-state index in [9.17, 15) is 4.79 Å². The second-order valence-electron chi connectivity index (χ2n) is 3.66. The maximum atomic E-state index is 10.9. The van der Waals surface area contributed by atoms with Crippen molar-refractivity contribution >= 4 is 16.9 Å². The fraction of sp³-hybridized carbons (Fsp3) is 0.250. The minimum absolute atomic E-state index is 0.564. The number of rotatable bonds is 3. The van der Waals surface area contributed by atoms with Crippen molar-refractivity contribution in [2.24, 2.45) is 0 Å². The van der Waals surface area contributed by atoms with Crippen molar-refractivity contribution in [1.82, 2.24) is 4.57 Å². The van der Waals surface area contributed by atoms with Gasteiger partial charge in [0.2, 0.25) is 0 Å². The molecule has 0 saturated carbocycles. The lowest BCUT2D eigenvalue weighted by atomic mass is 10.2. The summed E-state index contributed by atoms with van der Waals surface area (Å²) in [5.41, 5.74) is 0.899. The minimum atomic E-state index is -0.840. The van der Waals surface area contributed by atoms with Gasteiger partial charge in [0.25, 0.3) is 0 Å². The molecule has 1 atom stereocenters. The average Bonchev–Trinajstić information content (AvgIpc) is 2.70. The molecule has 0 amide bonds. The molecular weight excluding hydrogens is 206 g/mol. The number of fused-ring (bicyclic) bond motifs is 1. The normalized spacial score (nSPS) is 12.6. The second kappa shape index (κ2) is 3.89. The number of carbonyl (C=O) groups is 1. The number of benzene rings is 1. The zero-order chi connectivity index (χ0) is 11.7. The van der Waals surface area contributed by atoms with Gasteiger partial charge in [0.15, 0.2) is 0 Å². The van der Waals surface area contributed by atoms with Crippen LogP contribution in [0.15, 0.2) is 30.5 Å². The molecule has 1 N–H and O–H groups in total. The maximum Gasteiger partial charge on any atom is 0.326 e. The summed E-state index contributed by atoms with van der Waals surface area (Å²) < 4.78 is 6.85. The standard InChI is InChI=1S/C12H13NO3/c1-8(12(14)15)13-6-5-9-7-10(16-2)3-4-11(9)13/h3-8H,1-2H3,(H,14,15)/t8-/m0/s1. The molecule has 16 heavy (non-hydrogen) atoms. The first-order chi connectivity index (χ1) is 7.63. The molecule has 0 aliphatic carbocycles. The van der Waals surface area contributed by atoms with Crippen LogP contribution in [0, 0.1) is 0 Å². The van der Waals surface area contributed by atoms with Crippen LogP contribution < -0.4 is 4.74 Å². The molecule has 2 aromatic rings. The third kappa shape index (κ3) is 1.62. The van der Waals surface area contributed by atoms with Crippen LogP contribution in [0.25, 0.3) is 10.9 Å². The van der Waals surface area contributed by atoms with E-state index in [2.05, 4.69) is 0 Å². The average molecular weight is 219 g/mol. The Labute approximate surface area is 93.1 Å². The van der Waals surface area contributed by atoms with Crippen LogP contribution in [0.4, 0.5) is 0 Å². The third-order valence-corrected chi connectivity index (χ3v) is 2.70. The highest BCUT2D eigenvalue weighted by Crippen LogP contribution is 2.24. The molecule has 2 rings (SSSR count). The molecule has 0 aliphatic heterocycles. The Morgan fingerprint density at radius 2 is 2.19 bits per heavy atom. The molecular formula is C12H13NO3. The smallest absolute Gasteiger partial charge is 0.326 e. The number of nitrogens with zero attached hydrogens (tertiary/aromatic N) is 1. The van der Waals surface area contributed by atoms with Gasteiger partial charge in [-0.25, -0.2) is 4.79 Å². The fourth-order valence-corrected chi connectivity index (χ4v) is 1.73. The lowest BCUT2D eigenvalue weighted by Gasteiger charge is -2.10. The van der Waals surface area contributed by atoms with Crippen LogP contribution in [0.2, 0.25) is 0 Å². The maximum absolute atomic E-state index is 10.9. The Morgan fingerprint density at radius 3 is 2.81 bits per heavy atom. The molecule has 0 unspecified atom stereocenters. The van der Waals surface area contributed by atoms with Gasteiger partial charge < -0.3 is 14.4 Å². The van der Waals surface area contributed by atoms with Crippen LogP contribution in [-0.4, -0.2) is 22.8 Å². The number of carboxylic acids is 1. The SMILES string of the molecule is COc1ccc2c(ccn2[C@@H](C)C(=O)O)c1. The third-order valence-electron chi connectivity index (χ3n) is 2.70. The van der Waals surface area contributed by atoms with E-state index < -0.39 is 12.0 Å². The summed E-state index contributed by atoms with van der Waals surface area (Å²) in [6.45, 7) is 1.66. The van der Waals surface area contributed by atoms with E-state index in [0.29, 0.717) is 0 Å². The van der Waals surface area contributed by atoms with E-state index >= 15 is 0 Å². The predicted octanol–water partition coefficient (Wildman–Crippen LogP) is 2.30. The zero-order valence-electron chi connectivity index (χ0n) is 9.18. The molecule has 0 saturated heterocycles. The van der Waals surface area contributed by atoms with Gasteiger partial charge in [0.1, 0.15) is 11.8 Å². The number of methoxy groups -OCH3 is 1. The summed E-state index contributed by atoms with van der Waals surface area (Å²) in [7, 11) is 1.61. The molecule has 0 radical (unpaired) electrons. The zero-order valence-corrected chi connectivity index (χ0v) is 9.18. The molecule has 0 aliphatic rings. The Bertz CT molecular complexity index is 530. The van der Waals surface area contributed by atoms with Crippen molar-refractivity contribution in [2.75, 3.05) is 7.11 Å². The molecule has 0 bridgehead atoms.